The van der Waals surface area contributed by atoms with Crippen LogP contribution in [0.25, 0.3) is 0 Å². The lowest BCUT2D eigenvalue weighted by Crippen LogP contribution is -3.19. The molecule has 1 aromatic rings. The van der Waals surface area contributed by atoms with Crippen molar-refractivity contribution in [3.63, 3.8) is 0 Å². The van der Waals surface area contributed by atoms with Gasteiger partial charge >= 0.3 is 5.97 Å². The number of rotatable bonds is 6. The van der Waals surface area contributed by atoms with Crippen LogP contribution in [0.2, 0.25) is 0 Å². The lowest BCUT2D eigenvalue weighted by Gasteiger charge is -2.38. The molecule has 0 aromatic heterocycles. The zero-order chi connectivity index (χ0) is 20.8. The van der Waals surface area contributed by atoms with Gasteiger partial charge < -0.3 is 24.2 Å². The Morgan fingerprint density at radius 1 is 1.10 bits per heavy atom. The number of nitrogens with zero attached hydrogens (tertiary/aromatic N) is 2. The number of piperidine rings is 1. The SMILES string of the molecule is CCOC(=O)C1CCN(C(=O)[C@H](C)[NH+]2CCN(c3ccc(OC)cc3)CC2)CC1. The number of hydrogen-bond donors (Lipinski definition) is 1. The summed E-state index contributed by atoms with van der Waals surface area (Å²) in [5.74, 6) is 0.895. The van der Waals surface area contributed by atoms with Gasteiger partial charge in [-0.2, -0.15) is 0 Å². The number of amides is 1. The number of quaternary nitrogens is 1. The smallest absolute Gasteiger partial charge is 0.309 e. The van der Waals surface area contributed by atoms with Crippen molar-refractivity contribution in [1.82, 2.24) is 4.90 Å². The number of likely N-dealkylation sites (tertiary alicyclic amines) is 1. The summed E-state index contributed by atoms with van der Waals surface area (Å²) in [6, 6.07) is 8.10. The summed E-state index contributed by atoms with van der Waals surface area (Å²) < 4.78 is 10.4. The van der Waals surface area contributed by atoms with E-state index in [2.05, 4.69) is 17.0 Å². The average molecular weight is 405 g/mol. The molecule has 29 heavy (non-hydrogen) atoms. The second-order valence-electron chi connectivity index (χ2n) is 7.92. The van der Waals surface area contributed by atoms with Crippen molar-refractivity contribution < 1.29 is 24.0 Å². The largest absolute Gasteiger partial charge is 0.497 e. The average Bonchev–Trinajstić information content (AvgIpc) is 2.78. The highest BCUT2D eigenvalue weighted by atomic mass is 16.5. The molecule has 3 rings (SSSR count). The molecule has 2 fully saturated rings. The summed E-state index contributed by atoms with van der Waals surface area (Å²) in [6.07, 6.45) is 1.41. The Kier molecular flexibility index (Phi) is 7.36. The third kappa shape index (κ3) is 5.21. The first-order valence-corrected chi connectivity index (χ1v) is 10.7. The van der Waals surface area contributed by atoms with Crippen LogP contribution in [0.5, 0.6) is 5.75 Å². The zero-order valence-electron chi connectivity index (χ0n) is 17.9. The minimum Gasteiger partial charge on any atom is -0.497 e. The lowest BCUT2D eigenvalue weighted by molar-refractivity contribution is -0.915. The van der Waals surface area contributed by atoms with E-state index in [1.165, 1.54) is 10.6 Å². The topological polar surface area (TPSA) is 63.5 Å². The first-order chi connectivity index (χ1) is 14.0. The number of piperazine rings is 1. The predicted octanol–water partition coefficient (Wildman–Crippen LogP) is 0.590. The molecule has 2 saturated heterocycles. The van der Waals surface area contributed by atoms with E-state index in [1.807, 2.05) is 30.9 Å². The van der Waals surface area contributed by atoms with Crippen molar-refractivity contribution >= 4 is 17.6 Å². The lowest BCUT2D eigenvalue weighted by atomic mass is 9.96. The summed E-state index contributed by atoms with van der Waals surface area (Å²) in [7, 11) is 1.68. The number of esters is 1. The molecule has 2 aliphatic heterocycles. The van der Waals surface area contributed by atoms with Gasteiger partial charge in [-0.15, -0.1) is 0 Å². The van der Waals surface area contributed by atoms with E-state index in [4.69, 9.17) is 9.47 Å². The van der Waals surface area contributed by atoms with Gasteiger partial charge in [0.05, 0.1) is 45.8 Å². The number of benzene rings is 1. The van der Waals surface area contributed by atoms with Crippen LogP contribution >= 0.6 is 0 Å². The fourth-order valence-electron chi connectivity index (χ4n) is 4.32. The molecule has 160 valence electrons. The fraction of sp³-hybridized carbons (Fsp3) is 0.636. The van der Waals surface area contributed by atoms with Crippen molar-refractivity contribution in [2.24, 2.45) is 5.92 Å². The van der Waals surface area contributed by atoms with Crippen LogP contribution < -0.4 is 14.5 Å². The molecule has 0 bridgehead atoms. The molecule has 0 aliphatic carbocycles. The number of nitrogens with one attached hydrogen (secondary N) is 1. The van der Waals surface area contributed by atoms with Crippen LogP contribution in [-0.2, 0) is 14.3 Å². The highest BCUT2D eigenvalue weighted by Gasteiger charge is 2.35. The molecule has 1 aromatic carbocycles. The summed E-state index contributed by atoms with van der Waals surface area (Å²) in [4.78, 5) is 30.5. The molecular weight excluding hydrogens is 370 g/mol. The zero-order valence-corrected chi connectivity index (χ0v) is 17.9. The first-order valence-electron chi connectivity index (χ1n) is 10.7. The highest BCUT2D eigenvalue weighted by Crippen LogP contribution is 2.20. The van der Waals surface area contributed by atoms with Crippen molar-refractivity contribution in [3.05, 3.63) is 24.3 Å². The molecule has 7 nitrogen and oxygen atoms in total. The summed E-state index contributed by atoms with van der Waals surface area (Å²) in [5, 5.41) is 0. The van der Waals surface area contributed by atoms with Crippen molar-refractivity contribution in [1.29, 1.82) is 0 Å². The monoisotopic (exact) mass is 404 g/mol. The van der Waals surface area contributed by atoms with Crippen molar-refractivity contribution in [2.75, 3.05) is 57.9 Å². The molecule has 0 radical (unpaired) electrons. The molecule has 1 amide bonds. The number of ether oxygens (including phenoxy) is 2. The molecule has 0 spiro atoms. The molecule has 7 heteroatoms. The molecule has 0 unspecified atom stereocenters. The standard InChI is InChI=1S/C22H33N3O4/c1-4-29-22(27)18-9-11-25(12-10-18)21(26)17(2)23-13-15-24(16-14-23)19-5-7-20(28-3)8-6-19/h5-8,17-18H,4,9-16H2,1-3H3/p+1/t17-/m0/s1. The van der Waals surface area contributed by atoms with Gasteiger partial charge in [-0.3, -0.25) is 9.59 Å². The van der Waals surface area contributed by atoms with Gasteiger partial charge in [0.15, 0.2) is 6.04 Å². The maximum atomic E-state index is 13.0. The Morgan fingerprint density at radius 3 is 2.28 bits per heavy atom. The first kappa shape index (κ1) is 21.4. The van der Waals surface area contributed by atoms with Crippen LogP contribution in [0.4, 0.5) is 5.69 Å². The highest BCUT2D eigenvalue weighted by molar-refractivity contribution is 5.80. The number of hydrogen-bond acceptors (Lipinski definition) is 5. The predicted molar refractivity (Wildman–Crippen MR) is 111 cm³/mol. The van der Waals surface area contributed by atoms with E-state index >= 15 is 0 Å². The maximum Gasteiger partial charge on any atom is 0.309 e. The molecule has 1 N–H and O–H groups in total. The minimum atomic E-state index is -0.118. The summed E-state index contributed by atoms with van der Waals surface area (Å²) >= 11 is 0. The van der Waals surface area contributed by atoms with E-state index < -0.39 is 0 Å². The van der Waals surface area contributed by atoms with Crippen LogP contribution in [0.15, 0.2) is 24.3 Å². The Balaban J connectivity index is 1.47. The minimum absolute atomic E-state index is 0.0489. The van der Waals surface area contributed by atoms with Crippen LogP contribution in [0.1, 0.15) is 26.7 Å². The maximum absolute atomic E-state index is 13.0. The number of anilines is 1. The van der Waals surface area contributed by atoms with Gasteiger partial charge in [0.1, 0.15) is 5.75 Å². The van der Waals surface area contributed by atoms with Gasteiger partial charge in [0.25, 0.3) is 5.91 Å². The normalized spacial score (nSPS) is 19.7. The molecule has 0 saturated carbocycles. The third-order valence-corrected chi connectivity index (χ3v) is 6.25. The van der Waals surface area contributed by atoms with Gasteiger partial charge in [0.2, 0.25) is 0 Å². The summed E-state index contributed by atoms with van der Waals surface area (Å²) in [6.45, 7) is 9.34. The third-order valence-electron chi connectivity index (χ3n) is 6.25. The molecular formula is C22H34N3O4+. The van der Waals surface area contributed by atoms with E-state index in [0.29, 0.717) is 32.5 Å². The Hall–Kier alpha value is -2.28. The van der Waals surface area contributed by atoms with E-state index in [1.54, 1.807) is 7.11 Å². The van der Waals surface area contributed by atoms with E-state index in [9.17, 15) is 9.59 Å². The Bertz CT molecular complexity index is 678. The van der Waals surface area contributed by atoms with Gasteiger partial charge in [-0.25, -0.2) is 0 Å². The van der Waals surface area contributed by atoms with Gasteiger partial charge in [0, 0.05) is 18.8 Å². The quantitative estimate of drug-likeness (QED) is 0.704. The second kappa shape index (κ2) is 9.96. The number of methoxy groups -OCH3 is 1. The van der Waals surface area contributed by atoms with E-state index in [-0.39, 0.29) is 23.8 Å². The molecule has 2 heterocycles. The van der Waals surface area contributed by atoms with Crippen molar-refractivity contribution in [2.45, 2.75) is 32.7 Å². The number of carbonyl (C=O) groups excluding carboxylic acids is 2. The van der Waals surface area contributed by atoms with Crippen molar-refractivity contribution in [3.8, 4) is 5.75 Å². The van der Waals surface area contributed by atoms with E-state index in [0.717, 1.165) is 31.9 Å². The Labute approximate surface area is 173 Å². The second-order valence-corrected chi connectivity index (χ2v) is 7.92. The molecule has 1 atom stereocenters. The Morgan fingerprint density at radius 2 is 1.72 bits per heavy atom. The van der Waals surface area contributed by atoms with Gasteiger partial charge in [-0.05, 0) is 51.0 Å². The van der Waals surface area contributed by atoms with Crippen LogP contribution in [0, 0.1) is 5.92 Å². The number of carbonyl (C=O) groups is 2. The summed E-state index contributed by atoms with van der Waals surface area (Å²) in [5.41, 5.74) is 1.20. The fourth-order valence-corrected chi connectivity index (χ4v) is 4.32. The molecule has 2 aliphatic rings. The van der Waals surface area contributed by atoms with Gasteiger partial charge in [-0.1, -0.05) is 0 Å². The van der Waals surface area contributed by atoms with Crippen LogP contribution in [0.3, 0.4) is 0 Å². The van der Waals surface area contributed by atoms with Crippen LogP contribution in [-0.4, -0.2) is 75.8 Å².